The van der Waals surface area contributed by atoms with E-state index in [4.69, 9.17) is 4.74 Å². The Hall–Kier alpha value is -0.720. The normalized spacial score (nSPS) is 10.6. The van der Waals surface area contributed by atoms with Crippen molar-refractivity contribution in [3.05, 3.63) is 38.2 Å². The number of carbonyl (C=O) groups is 1. The molecule has 0 unspecified atom stereocenters. The number of nitrogens with zero attached hydrogens (tertiary/aromatic N) is 1. The van der Waals surface area contributed by atoms with Crippen LogP contribution in [0.5, 0.6) is 0 Å². The summed E-state index contributed by atoms with van der Waals surface area (Å²) < 4.78 is 6.92. The molecule has 2 rings (SSSR count). The molecule has 0 aliphatic rings. The molecule has 106 valence electrons. The SMILES string of the molecule is CCOC(=O)CCc1csc(-c2ccc(Br)c(Br)c2)n1. The molecule has 0 radical (unpaired) electrons. The van der Waals surface area contributed by atoms with Crippen molar-refractivity contribution in [3.8, 4) is 10.6 Å². The third kappa shape index (κ3) is 4.14. The molecule has 20 heavy (non-hydrogen) atoms. The number of carbonyl (C=O) groups excluding carboxylic acids is 1. The molecule has 0 aliphatic carbocycles. The number of hydrogen-bond donors (Lipinski definition) is 0. The van der Waals surface area contributed by atoms with E-state index in [9.17, 15) is 4.79 Å². The summed E-state index contributed by atoms with van der Waals surface area (Å²) in [6, 6.07) is 6.03. The zero-order valence-corrected chi connectivity index (χ0v) is 14.8. The average molecular weight is 419 g/mol. The third-order valence-corrected chi connectivity index (χ3v) is 5.43. The summed E-state index contributed by atoms with van der Waals surface area (Å²) in [6.07, 6.45) is 0.994. The van der Waals surface area contributed by atoms with E-state index >= 15 is 0 Å². The second-order valence-corrected chi connectivity index (χ2v) is 6.64. The Labute approximate surface area is 138 Å². The maximum absolute atomic E-state index is 11.3. The summed E-state index contributed by atoms with van der Waals surface area (Å²) in [5.74, 6) is -0.173. The Kier molecular flexibility index (Phi) is 5.74. The minimum Gasteiger partial charge on any atom is -0.466 e. The van der Waals surface area contributed by atoms with Crippen LogP contribution in [0.3, 0.4) is 0 Å². The molecular weight excluding hydrogens is 406 g/mol. The second-order valence-electron chi connectivity index (χ2n) is 4.08. The maximum Gasteiger partial charge on any atom is 0.306 e. The van der Waals surface area contributed by atoms with E-state index in [1.54, 1.807) is 11.3 Å². The highest BCUT2D eigenvalue weighted by molar-refractivity contribution is 9.13. The van der Waals surface area contributed by atoms with Crippen LogP contribution in [0.2, 0.25) is 0 Å². The molecule has 0 spiro atoms. The summed E-state index contributed by atoms with van der Waals surface area (Å²) in [6.45, 7) is 2.23. The number of hydrogen-bond acceptors (Lipinski definition) is 4. The van der Waals surface area contributed by atoms with Gasteiger partial charge >= 0.3 is 5.97 Å². The molecule has 0 N–H and O–H groups in total. The third-order valence-electron chi connectivity index (χ3n) is 2.61. The van der Waals surface area contributed by atoms with Crippen LogP contribution in [0, 0.1) is 0 Å². The molecule has 6 heteroatoms. The lowest BCUT2D eigenvalue weighted by atomic mass is 10.2. The summed E-state index contributed by atoms with van der Waals surface area (Å²) >= 11 is 8.52. The first kappa shape index (κ1) is 15.7. The minimum absolute atomic E-state index is 0.173. The van der Waals surface area contributed by atoms with Crippen molar-refractivity contribution in [2.24, 2.45) is 0 Å². The Balaban J connectivity index is 2.05. The van der Waals surface area contributed by atoms with Gasteiger partial charge in [0.15, 0.2) is 0 Å². The van der Waals surface area contributed by atoms with Crippen molar-refractivity contribution in [2.75, 3.05) is 6.61 Å². The van der Waals surface area contributed by atoms with Crippen molar-refractivity contribution >= 4 is 49.2 Å². The van der Waals surface area contributed by atoms with Crippen LogP contribution in [-0.4, -0.2) is 17.6 Å². The molecule has 3 nitrogen and oxygen atoms in total. The summed E-state index contributed by atoms with van der Waals surface area (Å²) in [5.41, 5.74) is 1.99. The summed E-state index contributed by atoms with van der Waals surface area (Å²) in [4.78, 5) is 15.9. The zero-order valence-electron chi connectivity index (χ0n) is 10.9. The number of rotatable bonds is 5. The predicted molar refractivity (Wildman–Crippen MR) is 87.9 cm³/mol. The molecule has 0 saturated carbocycles. The van der Waals surface area contributed by atoms with E-state index in [2.05, 4.69) is 36.8 Å². The number of benzene rings is 1. The monoisotopic (exact) mass is 417 g/mol. The Morgan fingerprint density at radius 1 is 1.35 bits per heavy atom. The van der Waals surface area contributed by atoms with E-state index < -0.39 is 0 Å². The number of aryl methyl sites for hydroxylation is 1. The maximum atomic E-state index is 11.3. The summed E-state index contributed by atoms with van der Waals surface area (Å²) in [5, 5.41) is 2.95. The predicted octanol–water partition coefficient (Wildman–Crippen LogP) is 4.83. The number of aromatic nitrogens is 1. The first-order chi connectivity index (χ1) is 9.60. The number of esters is 1. The van der Waals surface area contributed by atoms with E-state index in [0.717, 1.165) is 25.2 Å². The van der Waals surface area contributed by atoms with Gasteiger partial charge in [0.2, 0.25) is 0 Å². The molecule has 0 amide bonds. The first-order valence-corrected chi connectivity index (χ1v) is 8.62. The molecule has 0 atom stereocenters. The highest BCUT2D eigenvalue weighted by Crippen LogP contribution is 2.30. The van der Waals surface area contributed by atoms with Crippen LogP contribution in [0.4, 0.5) is 0 Å². The van der Waals surface area contributed by atoms with Crippen molar-refractivity contribution < 1.29 is 9.53 Å². The molecule has 0 aliphatic heterocycles. The second kappa shape index (κ2) is 7.33. The van der Waals surface area contributed by atoms with Crippen LogP contribution in [-0.2, 0) is 16.0 Å². The van der Waals surface area contributed by atoms with Gasteiger partial charge in [0, 0.05) is 26.3 Å². The standard InChI is InChI=1S/C14H13Br2NO2S/c1-2-19-13(18)6-4-10-8-20-14(17-10)9-3-5-11(15)12(16)7-9/h3,5,7-8H,2,4,6H2,1H3. The molecule has 1 aromatic heterocycles. The average Bonchev–Trinajstić information content (AvgIpc) is 2.89. The number of halogens is 2. The Morgan fingerprint density at radius 3 is 2.85 bits per heavy atom. The van der Waals surface area contributed by atoms with Crippen LogP contribution in [0.25, 0.3) is 10.6 Å². The quantitative estimate of drug-likeness (QED) is 0.652. The smallest absolute Gasteiger partial charge is 0.306 e. The topological polar surface area (TPSA) is 39.2 Å². The zero-order chi connectivity index (χ0) is 14.5. The van der Waals surface area contributed by atoms with Crippen LogP contribution >= 0.6 is 43.2 Å². The van der Waals surface area contributed by atoms with Gasteiger partial charge in [0.05, 0.1) is 18.7 Å². The van der Waals surface area contributed by atoms with Gasteiger partial charge in [-0.3, -0.25) is 4.79 Å². The van der Waals surface area contributed by atoms with Crippen molar-refractivity contribution in [1.29, 1.82) is 0 Å². The van der Waals surface area contributed by atoms with Gasteiger partial charge in [-0.25, -0.2) is 4.98 Å². The van der Waals surface area contributed by atoms with E-state index in [0.29, 0.717) is 19.4 Å². The molecule has 0 saturated heterocycles. The molecule has 0 fully saturated rings. The van der Waals surface area contributed by atoms with Gasteiger partial charge in [-0.05, 0) is 50.9 Å². The molecular formula is C14H13Br2NO2S. The van der Waals surface area contributed by atoms with E-state index in [1.165, 1.54) is 0 Å². The van der Waals surface area contributed by atoms with Crippen LogP contribution < -0.4 is 0 Å². The lowest BCUT2D eigenvalue weighted by Gasteiger charge is -2.00. The molecule has 1 heterocycles. The van der Waals surface area contributed by atoms with Gasteiger partial charge < -0.3 is 4.74 Å². The number of thiazole rings is 1. The van der Waals surface area contributed by atoms with Gasteiger partial charge in [-0.1, -0.05) is 6.07 Å². The van der Waals surface area contributed by atoms with Gasteiger partial charge in [-0.2, -0.15) is 0 Å². The first-order valence-electron chi connectivity index (χ1n) is 6.15. The molecule has 0 bridgehead atoms. The van der Waals surface area contributed by atoms with Crippen molar-refractivity contribution in [2.45, 2.75) is 19.8 Å². The highest BCUT2D eigenvalue weighted by atomic mass is 79.9. The fourth-order valence-corrected chi connectivity index (χ4v) is 3.12. The van der Waals surface area contributed by atoms with E-state index in [1.807, 2.05) is 30.5 Å². The van der Waals surface area contributed by atoms with E-state index in [-0.39, 0.29) is 5.97 Å². The lowest BCUT2D eigenvalue weighted by molar-refractivity contribution is -0.143. The largest absolute Gasteiger partial charge is 0.466 e. The lowest BCUT2D eigenvalue weighted by Crippen LogP contribution is -2.05. The van der Waals surface area contributed by atoms with Gasteiger partial charge in [0.25, 0.3) is 0 Å². The molecule has 2 aromatic rings. The Bertz CT molecular complexity index is 613. The van der Waals surface area contributed by atoms with Crippen LogP contribution in [0.15, 0.2) is 32.5 Å². The van der Waals surface area contributed by atoms with Gasteiger partial charge in [0.1, 0.15) is 5.01 Å². The summed E-state index contributed by atoms with van der Waals surface area (Å²) in [7, 11) is 0. The van der Waals surface area contributed by atoms with Crippen molar-refractivity contribution in [3.63, 3.8) is 0 Å². The fourth-order valence-electron chi connectivity index (χ4n) is 1.65. The fraction of sp³-hybridized carbons (Fsp3) is 0.286. The van der Waals surface area contributed by atoms with Crippen LogP contribution in [0.1, 0.15) is 19.0 Å². The minimum atomic E-state index is -0.173. The highest BCUT2D eigenvalue weighted by Gasteiger charge is 2.09. The van der Waals surface area contributed by atoms with Crippen molar-refractivity contribution in [1.82, 2.24) is 4.98 Å². The Morgan fingerprint density at radius 2 is 2.15 bits per heavy atom. The van der Waals surface area contributed by atoms with Gasteiger partial charge in [-0.15, -0.1) is 11.3 Å². The number of ether oxygens (including phenoxy) is 1. The molecule has 1 aromatic carbocycles.